The van der Waals surface area contributed by atoms with Crippen molar-refractivity contribution in [2.75, 3.05) is 11.9 Å². The predicted molar refractivity (Wildman–Crippen MR) is 136 cm³/mol. The highest BCUT2D eigenvalue weighted by atomic mass is 16.5. The number of esters is 1. The maximum atomic E-state index is 13.4. The number of rotatable bonds is 7. The Kier molecular flexibility index (Phi) is 7.01. The molecule has 3 aromatic rings. The number of anilines is 1. The summed E-state index contributed by atoms with van der Waals surface area (Å²) in [5, 5.41) is 3.59. The quantitative estimate of drug-likeness (QED) is 0.432. The number of pyridine rings is 1. The van der Waals surface area contributed by atoms with Gasteiger partial charge in [-0.25, -0.2) is 4.79 Å². The minimum absolute atomic E-state index is 0.178. The van der Waals surface area contributed by atoms with Crippen molar-refractivity contribution >= 4 is 28.5 Å². The van der Waals surface area contributed by atoms with Gasteiger partial charge in [0.25, 0.3) is 5.91 Å². The summed E-state index contributed by atoms with van der Waals surface area (Å²) in [5.74, 6) is -0.343. The zero-order valence-electron chi connectivity index (χ0n) is 20.6. The fourth-order valence-electron chi connectivity index (χ4n) is 4.80. The predicted octanol–water partition coefficient (Wildman–Crippen LogP) is 6.13. The molecule has 0 saturated carbocycles. The van der Waals surface area contributed by atoms with Crippen LogP contribution >= 0.6 is 0 Å². The molecule has 1 aromatic heterocycles. The lowest BCUT2D eigenvalue weighted by molar-refractivity contribution is -0.119. The number of para-hydroxylation sites is 1. The lowest BCUT2D eigenvalue weighted by Crippen LogP contribution is -2.31. The Hall–Kier alpha value is -3.21. The van der Waals surface area contributed by atoms with Crippen LogP contribution in [-0.4, -0.2) is 23.5 Å². The van der Waals surface area contributed by atoms with Crippen LogP contribution in [0.25, 0.3) is 10.9 Å². The van der Waals surface area contributed by atoms with Crippen LogP contribution in [0.5, 0.6) is 0 Å². The third-order valence-electron chi connectivity index (χ3n) is 7.46. The van der Waals surface area contributed by atoms with Crippen molar-refractivity contribution in [1.29, 1.82) is 0 Å². The van der Waals surface area contributed by atoms with Gasteiger partial charge in [-0.2, -0.15) is 0 Å². The summed E-state index contributed by atoms with van der Waals surface area (Å²) in [5.41, 5.74) is 5.39. The fraction of sp³-hybridized carbons (Fsp3) is 0.414. The number of ether oxygens (including phenoxy) is 1. The topological polar surface area (TPSA) is 68.3 Å². The van der Waals surface area contributed by atoms with Gasteiger partial charge >= 0.3 is 5.97 Å². The van der Waals surface area contributed by atoms with Crippen LogP contribution in [0.2, 0.25) is 0 Å². The number of carbonyl (C=O) groups is 2. The van der Waals surface area contributed by atoms with E-state index in [0.29, 0.717) is 17.2 Å². The summed E-state index contributed by atoms with van der Waals surface area (Å²) in [4.78, 5) is 30.7. The minimum Gasteiger partial charge on any atom is -0.452 e. The van der Waals surface area contributed by atoms with Crippen molar-refractivity contribution in [2.24, 2.45) is 11.3 Å². The second-order valence-corrected chi connectivity index (χ2v) is 9.89. The van der Waals surface area contributed by atoms with E-state index < -0.39 is 5.97 Å². The second-order valence-electron chi connectivity index (χ2n) is 9.89. The maximum Gasteiger partial charge on any atom is 0.339 e. The first-order valence-electron chi connectivity index (χ1n) is 12.3. The number of hydrogen-bond donors (Lipinski definition) is 1. The van der Waals surface area contributed by atoms with Gasteiger partial charge in [-0.15, -0.1) is 0 Å². The standard InChI is InChI=1S/C29H34N2O3/c1-5-19-11-14-21(15-12-19)30-26(32)18-34-28(33)27-22-9-7-8-10-24(22)31-25-16-13-20(17-23(25)27)29(3,4)6-2/h7-12,14-15,20H,5-6,13,16-18H2,1-4H3,(H,30,32). The number of hydrogen-bond acceptors (Lipinski definition) is 4. The molecule has 1 N–H and O–H groups in total. The molecule has 1 heterocycles. The fourth-order valence-corrected chi connectivity index (χ4v) is 4.80. The SMILES string of the molecule is CCc1ccc(NC(=O)COC(=O)c2c3c(nc4ccccc24)CCC(C(C)(C)CC)C3)cc1. The van der Waals surface area contributed by atoms with Gasteiger partial charge in [-0.3, -0.25) is 9.78 Å². The molecule has 0 aliphatic heterocycles. The van der Waals surface area contributed by atoms with E-state index in [2.05, 4.69) is 33.0 Å². The van der Waals surface area contributed by atoms with Crippen molar-refractivity contribution in [1.82, 2.24) is 4.98 Å². The number of nitrogens with zero attached hydrogens (tertiary/aromatic N) is 1. The summed E-state index contributed by atoms with van der Waals surface area (Å²) in [6.45, 7) is 8.57. The Morgan fingerprint density at radius 2 is 1.82 bits per heavy atom. The van der Waals surface area contributed by atoms with Gasteiger partial charge in [0.05, 0.1) is 11.1 Å². The summed E-state index contributed by atoms with van der Waals surface area (Å²) in [7, 11) is 0. The van der Waals surface area contributed by atoms with E-state index in [0.717, 1.165) is 54.3 Å². The third kappa shape index (κ3) is 4.98. The molecule has 1 aliphatic carbocycles. The van der Waals surface area contributed by atoms with Crippen LogP contribution in [0.15, 0.2) is 48.5 Å². The van der Waals surface area contributed by atoms with Crippen molar-refractivity contribution in [2.45, 2.75) is 59.8 Å². The number of aryl methyl sites for hydroxylation is 2. The highest BCUT2D eigenvalue weighted by Crippen LogP contribution is 2.41. The van der Waals surface area contributed by atoms with Gasteiger partial charge in [-0.05, 0) is 66.3 Å². The molecule has 0 radical (unpaired) electrons. The molecular formula is C29H34N2O3. The number of carbonyl (C=O) groups excluding carboxylic acids is 2. The monoisotopic (exact) mass is 458 g/mol. The molecule has 0 bridgehead atoms. The Labute approximate surface area is 201 Å². The average Bonchev–Trinajstić information content (AvgIpc) is 2.85. The van der Waals surface area contributed by atoms with E-state index in [4.69, 9.17) is 9.72 Å². The molecule has 0 saturated heterocycles. The van der Waals surface area contributed by atoms with Crippen LogP contribution in [-0.2, 0) is 28.8 Å². The molecule has 1 aliphatic rings. The normalized spacial score (nSPS) is 15.6. The number of fused-ring (bicyclic) bond motifs is 2. The van der Waals surface area contributed by atoms with Crippen LogP contribution in [0.4, 0.5) is 5.69 Å². The van der Waals surface area contributed by atoms with Gasteiger partial charge in [-0.1, -0.05) is 64.4 Å². The number of benzene rings is 2. The van der Waals surface area contributed by atoms with E-state index in [-0.39, 0.29) is 17.9 Å². The Balaban J connectivity index is 1.57. The van der Waals surface area contributed by atoms with Crippen molar-refractivity contribution in [3.63, 3.8) is 0 Å². The summed E-state index contributed by atoms with van der Waals surface area (Å²) >= 11 is 0. The van der Waals surface area contributed by atoms with E-state index in [1.165, 1.54) is 5.56 Å². The molecule has 178 valence electrons. The lowest BCUT2D eigenvalue weighted by atomic mass is 9.68. The van der Waals surface area contributed by atoms with E-state index >= 15 is 0 Å². The van der Waals surface area contributed by atoms with Gasteiger partial charge < -0.3 is 10.1 Å². The zero-order chi connectivity index (χ0) is 24.3. The summed E-state index contributed by atoms with van der Waals surface area (Å²) in [6.07, 6.45) is 4.73. The lowest BCUT2D eigenvalue weighted by Gasteiger charge is -2.37. The van der Waals surface area contributed by atoms with Gasteiger partial charge in [0, 0.05) is 16.8 Å². The largest absolute Gasteiger partial charge is 0.452 e. The Morgan fingerprint density at radius 3 is 2.53 bits per heavy atom. The van der Waals surface area contributed by atoms with Crippen molar-refractivity contribution in [3.05, 3.63) is 70.9 Å². The summed E-state index contributed by atoms with van der Waals surface area (Å²) < 4.78 is 5.55. The highest BCUT2D eigenvalue weighted by molar-refractivity contribution is 6.06. The van der Waals surface area contributed by atoms with Crippen LogP contribution < -0.4 is 5.32 Å². The average molecular weight is 459 g/mol. The molecule has 34 heavy (non-hydrogen) atoms. The van der Waals surface area contributed by atoms with Crippen LogP contribution in [0, 0.1) is 11.3 Å². The Morgan fingerprint density at radius 1 is 1.09 bits per heavy atom. The first-order chi connectivity index (χ1) is 16.3. The van der Waals surface area contributed by atoms with Crippen molar-refractivity contribution in [3.8, 4) is 0 Å². The van der Waals surface area contributed by atoms with Gasteiger partial charge in [0.1, 0.15) is 0 Å². The van der Waals surface area contributed by atoms with E-state index in [1.54, 1.807) is 0 Å². The van der Waals surface area contributed by atoms with Gasteiger partial charge in [0.2, 0.25) is 0 Å². The highest BCUT2D eigenvalue weighted by Gasteiger charge is 2.34. The Bertz CT molecular complexity index is 1200. The molecule has 4 rings (SSSR count). The number of amides is 1. The van der Waals surface area contributed by atoms with Crippen LogP contribution in [0.3, 0.4) is 0 Å². The molecule has 5 heteroatoms. The molecule has 5 nitrogen and oxygen atoms in total. The van der Waals surface area contributed by atoms with Crippen LogP contribution in [0.1, 0.15) is 67.7 Å². The third-order valence-corrected chi connectivity index (χ3v) is 7.46. The molecular weight excluding hydrogens is 424 g/mol. The molecule has 0 spiro atoms. The second kappa shape index (κ2) is 9.96. The molecule has 1 atom stereocenters. The minimum atomic E-state index is -0.457. The zero-order valence-corrected chi connectivity index (χ0v) is 20.6. The molecule has 2 aromatic carbocycles. The molecule has 1 unspecified atom stereocenters. The maximum absolute atomic E-state index is 13.4. The molecule has 1 amide bonds. The van der Waals surface area contributed by atoms with E-state index in [1.807, 2.05) is 48.5 Å². The number of nitrogens with one attached hydrogen (secondary N) is 1. The van der Waals surface area contributed by atoms with E-state index in [9.17, 15) is 9.59 Å². The number of aromatic nitrogens is 1. The first-order valence-corrected chi connectivity index (χ1v) is 12.3. The van der Waals surface area contributed by atoms with Gasteiger partial charge in [0.15, 0.2) is 6.61 Å². The summed E-state index contributed by atoms with van der Waals surface area (Å²) in [6, 6.07) is 15.4. The first kappa shape index (κ1) is 23.9. The smallest absolute Gasteiger partial charge is 0.339 e. The van der Waals surface area contributed by atoms with Crippen molar-refractivity contribution < 1.29 is 14.3 Å². The molecule has 0 fully saturated rings.